The number of hydrogen-bond acceptors (Lipinski definition) is 5. The van der Waals surface area contributed by atoms with Crippen LogP contribution in [0.3, 0.4) is 0 Å². The van der Waals surface area contributed by atoms with E-state index >= 15 is 0 Å². The molecule has 6 nitrogen and oxygen atoms in total. The first-order valence-electron chi connectivity index (χ1n) is 5.26. The highest BCUT2D eigenvalue weighted by Gasteiger charge is 2.09. The van der Waals surface area contributed by atoms with Gasteiger partial charge in [-0.2, -0.15) is 5.26 Å². The van der Waals surface area contributed by atoms with Gasteiger partial charge in [-0.25, -0.2) is 18.5 Å². The number of benzene rings is 1. The summed E-state index contributed by atoms with van der Waals surface area (Å²) in [5, 5.41) is 13.5. The van der Waals surface area contributed by atoms with E-state index in [-0.39, 0.29) is 5.03 Å². The molecule has 2 aromatic rings. The summed E-state index contributed by atoms with van der Waals surface area (Å²) in [6.07, 6.45) is 1.26. The Morgan fingerprint density at radius 3 is 2.45 bits per heavy atom. The molecule has 0 unspecified atom stereocenters. The summed E-state index contributed by atoms with van der Waals surface area (Å²) in [6.45, 7) is 0. The van der Waals surface area contributed by atoms with Crippen LogP contribution in [0.1, 0.15) is 5.56 Å². The molecule has 0 fully saturated rings. The maximum atomic E-state index is 11.1. The van der Waals surface area contributed by atoms with Crippen molar-refractivity contribution in [3.8, 4) is 17.6 Å². The summed E-state index contributed by atoms with van der Waals surface area (Å²) < 4.78 is 28.2. The second-order valence-corrected chi connectivity index (χ2v) is 6.10. The number of nitrogens with zero attached hydrogens (tertiary/aromatic N) is 2. The van der Waals surface area contributed by atoms with Crippen LogP contribution in [0, 0.1) is 11.3 Å². The highest BCUT2D eigenvalue weighted by atomic mass is 79.9. The van der Waals surface area contributed by atoms with Crippen molar-refractivity contribution in [2.45, 2.75) is 5.03 Å². The van der Waals surface area contributed by atoms with Gasteiger partial charge in [0, 0.05) is 4.47 Å². The Bertz CT molecular complexity index is 783. The Labute approximate surface area is 124 Å². The monoisotopic (exact) mass is 353 g/mol. The molecule has 102 valence electrons. The summed E-state index contributed by atoms with van der Waals surface area (Å²) in [7, 11) is -3.82. The van der Waals surface area contributed by atoms with E-state index in [1.165, 1.54) is 18.3 Å². The molecule has 2 rings (SSSR count). The van der Waals surface area contributed by atoms with Gasteiger partial charge in [-0.1, -0.05) is 0 Å². The second kappa shape index (κ2) is 5.58. The van der Waals surface area contributed by atoms with Gasteiger partial charge in [-0.15, -0.1) is 0 Å². The molecule has 0 radical (unpaired) electrons. The van der Waals surface area contributed by atoms with E-state index in [9.17, 15) is 8.42 Å². The van der Waals surface area contributed by atoms with E-state index in [4.69, 9.17) is 15.1 Å². The first-order valence-corrected chi connectivity index (χ1v) is 7.60. The van der Waals surface area contributed by atoms with E-state index in [1.54, 1.807) is 18.2 Å². The number of sulfonamides is 1. The summed E-state index contributed by atoms with van der Waals surface area (Å²) in [4.78, 5) is 3.70. The fraction of sp³-hybridized carbons (Fsp3) is 0. The van der Waals surface area contributed by atoms with Crippen LogP contribution >= 0.6 is 15.9 Å². The average Bonchev–Trinajstić information content (AvgIpc) is 2.38. The third-order valence-corrected chi connectivity index (χ3v) is 3.78. The summed E-state index contributed by atoms with van der Waals surface area (Å²) in [5.74, 6) is 0.843. The van der Waals surface area contributed by atoms with Crippen molar-refractivity contribution in [1.29, 1.82) is 5.26 Å². The molecule has 1 aromatic heterocycles. The van der Waals surface area contributed by atoms with E-state index in [0.29, 0.717) is 21.5 Å². The topological polar surface area (TPSA) is 106 Å². The van der Waals surface area contributed by atoms with Crippen LogP contribution in [0.5, 0.6) is 11.5 Å². The van der Waals surface area contributed by atoms with Crippen LogP contribution in [0.25, 0.3) is 0 Å². The van der Waals surface area contributed by atoms with Crippen molar-refractivity contribution < 1.29 is 13.2 Å². The molecule has 0 atom stereocenters. The average molecular weight is 354 g/mol. The number of primary sulfonamides is 1. The fourth-order valence-corrected chi connectivity index (χ4v) is 2.29. The summed E-state index contributed by atoms with van der Waals surface area (Å²) in [5.41, 5.74) is 0.486. The number of halogens is 1. The zero-order valence-electron chi connectivity index (χ0n) is 9.95. The maximum Gasteiger partial charge on any atom is 0.255 e. The minimum absolute atomic E-state index is 0.231. The number of nitriles is 1. The lowest BCUT2D eigenvalue weighted by Gasteiger charge is -2.06. The number of hydrogen-bond donors (Lipinski definition) is 1. The molecule has 1 heterocycles. The zero-order valence-corrected chi connectivity index (χ0v) is 12.3. The number of aromatic nitrogens is 1. The quantitative estimate of drug-likeness (QED) is 0.909. The van der Waals surface area contributed by atoms with E-state index in [1.807, 2.05) is 6.07 Å². The van der Waals surface area contributed by atoms with Gasteiger partial charge in [0.25, 0.3) is 10.0 Å². The normalized spacial score (nSPS) is 10.8. The molecule has 20 heavy (non-hydrogen) atoms. The molecule has 2 N–H and O–H groups in total. The van der Waals surface area contributed by atoms with Crippen molar-refractivity contribution >= 4 is 26.0 Å². The van der Waals surface area contributed by atoms with Crippen LogP contribution in [-0.4, -0.2) is 13.4 Å². The van der Waals surface area contributed by atoms with Gasteiger partial charge in [-0.05, 0) is 46.3 Å². The number of rotatable bonds is 3. The van der Waals surface area contributed by atoms with E-state index in [0.717, 1.165) is 0 Å². The summed E-state index contributed by atoms with van der Waals surface area (Å²) >= 11 is 3.24. The second-order valence-electron chi connectivity index (χ2n) is 3.73. The predicted molar refractivity (Wildman–Crippen MR) is 74.5 cm³/mol. The van der Waals surface area contributed by atoms with Crippen molar-refractivity contribution in [2.75, 3.05) is 0 Å². The molecule has 0 aliphatic rings. The zero-order chi connectivity index (χ0) is 14.8. The van der Waals surface area contributed by atoms with E-state index < -0.39 is 10.0 Å². The number of pyridine rings is 1. The lowest BCUT2D eigenvalue weighted by molar-refractivity contribution is 0.478. The molecule has 0 amide bonds. The number of ether oxygens (including phenoxy) is 1. The molecule has 0 bridgehead atoms. The van der Waals surface area contributed by atoms with Gasteiger partial charge in [0.1, 0.15) is 17.6 Å². The molecule has 0 spiro atoms. The van der Waals surface area contributed by atoms with Gasteiger partial charge in [0.05, 0.1) is 11.8 Å². The van der Waals surface area contributed by atoms with E-state index in [2.05, 4.69) is 20.9 Å². The van der Waals surface area contributed by atoms with Crippen LogP contribution in [0.2, 0.25) is 0 Å². The lowest BCUT2D eigenvalue weighted by Crippen LogP contribution is -2.13. The molecular formula is C12H8BrN3O3S. The lowest BCUT2D eigenvalue weighted by atomic mass is 10.2. The highest BCUT2D eigenvalue weighted by molar-refractivity contribution is 9.10. The van der Waals surface area contributed by atoms with Gasteiger partial charge < -0.3 is 4.74 Å². The third-order valence-electron chi connectivity index (χ3n) is 2.30. The SMILES string of the molecule is N#Cc1ccc(Oc2ccc(S(N)(=O)=O)nc2)cc1Br. The first-order chi connectivity index (χ1) is 9.40. The van der Waals surface area contributed by atoms with Crippen molar-refractivity contribution in [2.24, 2.45) is 5.14 Å². The molecule has 8 heteroatoms. The summed E-state index contributed by atoms with van der Waals surface area (Å²) in [6, 6.07) is 9.57. The standard InChI is InChI=1S/C12H8BrN3O3S/c13-11-5-9(2-1-8(11)6-14)19-10-3-4-12(16-7-10)20(15,17)18/h1-5,7H,(H2,15,17,18). The van der Waals surface area contributed by atoms with Crippen LogP contribution < -0.4 is 9.88 Å². The van der Waals surface area contributed by atoms with Crippen molar-refractivity contribution in [1.82, 2.24) is 4.98 Å². The minimum Gasteiger partial charge on any atom is -0.456 e. The number of nitrogens with two attached hydrogens (primary N) is 1. The largest absolute Gasteiger partial charge is 0.456 e. The van der Waals surface area contributed by atoms with Crippen LogP contribution in [-0.2, 0) is 10.0 Å². The third kappa shape index (κ3) is 3.33. The molecule has 0 saturated heterocycles. The molecular weight excluding hydrogens is 346 g/mol. The van der Waals surface area contributed by atoms with Crippen molar-refractivity contribution in [3.05, 3.63) is 46.6 Å². The fourth-order valence-electron chi connectivity index (χ4n) is 1.38. The van der Waals surface area contributed by atoms with Crippen LogP contribution in [0.15, 0.2) is 46.0 Å². The molecule has 1 aromatic carbocycles. The van der Waals surface area contributed by atoms with Gasteiger partial charge >= 0.3 is 0 Å². The molecule has 0 aliphatic heterocycles. The Balaban J connectivity index is 2.23. The molecule has 0 saturated carbocycles. The van der Waals surface area contributed by atoms with Crippen LogP contribution in [0.4, 0.5) is 0 Å². The Morgan fingerprint density at radius 1 is 1.25 bits per heavy atom. The Morgan fingerprint density at radius 2 is 1.95 bits per heavy atom. The smallest absolute Gasteiger partial charge is 0.255 e. The Kier molecular flexibility index (Phi) is 4.04. The van der Waals surface area contributed by atoms with Gasteiger partial charge in [0.15, 0.2) is 5.03 Å². The van der Waals surface area contributed by atoms with Crippen molar-refractivity contribution in [3.63, 3.8) is 0 Å². The van der Waals surface area contributed by atoms with Gasteiger partial charge in [0.2, 0.25) is 0 Å². The minimum atomic E-state index is -3.82. The molecule has 0 aliphatic carbocycles. The maximum absolute atomic E-state index is 11.1. The Hall–Kier alpha value is -1.95. The highest BCUT2D eigenvalue weighted by Crippen LogP contribution is 2.26. The first kappa shape index (κ1) is 14.5. The predicted octanol–water partition coefficient (Wildman–Crippen LogP) is 2.16. The van der Waals surface area contributed by atoms with Gasteiger partial charge in [-0.3, -0.25) is 0 Å².